The van der Waals surface area contributed by atoms with Gasteiger partial charge in [-0.1, -0.05) is 0 Å². The van der Waals surface area contributed by atoms with Gasteiger partial charge in [0.2, 0.25) is 0 Å². The molecule has 1 aromatic carbocycles. The predicted octanol–water partition coefficient (Wildman–Crippen LogP) is -2.23. The smallest absolute Gasteiger partial charge is 1.00 e. The molecule has 0 amide bonds. The molecular weight excluding hydrogens is 313 g/mol. The third-order valence-electron chi connectivity index (χ3n) is 1.93. The summed E-state index contributed by atoms with van der Waals surface area (Å²) in [5.41, 5.74) is -4.55. The summed E-state index contributed by atoms with van der Waals surface area (Å²) < 4.78 is 30.5. The van der Waals surface area contributed by atoms with E-state index in [0.717, 1.165) is 0 Å². The van der Waals surface area contributed by atoms with E-state index in [9.17, 15) is 38.8 Å². The third kappa shape index (κ3) is 3.45. The van der Waals surface area contributed by atoms with Crippen LogP contribution in [0.5, 0.6) is 0 Å². The number of hydrogen-bond donors (Lipinski definition) is 1. The van der Waals surface area contributed by atoms with Crippen molar-refractivity contribution < 1.29 is 58.7 Å². The molecule has 12 nitrogen and oxygen atoms in total. The Morgan fingerprint density at radius 3 is 1.70 bits per heavy atom. The normalized spacial score (nSPS) is 10.4. The second-order valence-electron chi connectivity index (χ2n) is 3.03. The summed E-state index contributed by atoms with van der Waals surface area (Å²) in [6, 6.07) is 0.729. The molecule has 0 aliphatic rings. The minimum absolute atomic E-state index is 0. The molecule has 104 valence electrons. The maximum absolute atomic E-state index is 10.9. The summed E-state index contributed by atoms with van der Waals surface area (Å²) in [6.45, 7) is 0. The maximum atomic E-state index is 10.9. The zero-order chi connectivity index (χ0) is 15.0. The molecule has 0 saturated heterocycles. The Labute approximate surface area is 133 Å². The molecule has 0 saturated carbocycles. The Hall–Kier alpha value is -1.67. The van der Waals surface area contributed by atoms with Crippen molar-refractivity contribution in [3.05, 3.63) is 42.5 Å². The monoisotopic (exact) mass is 317 g/mol. The van der Waals surface area contributed by atoms with Gasteiger partial charge in [0.15, 0.2) is 4.90 Å². The van der Waals surface area contributed by atoms with Crippen LogP contribution in [0.3, 0.4) is 0 Å². The average Bonchev–Trinajstić information content (AvgIpc) is 2.25. The molecule has 0 aliphatic carbocycles. The van der Waals surface area contributed by atoms with Gasteiger partial charge in [0.05, 0.1) is 14.8 Å². The van der Waals surface area contributed by atoms with E-state index in [1.165, 1.54) is 0 Å². The van der Waals surface area contributed by atoms with Gasteiger partial charge in [0, 0.05) is 6.07 Å². The number of nitrogens with zero attached hydrogens (tertiary/aromatic N) is 3. The molecule has 0 atom stereocenters. The van der Waals surface area contributed by atoms with Crippen molar-refractivity contribution in [1.29, 1.82) is 0 Å². The average molecular weight is 317 g/mol. The molecule has 1 aromatic rings. The van der Waals surface area contributed by atoms with Crippen LogP contribution in [0, 0.1) is 30.3 Å². The molecule has 0 radical (unpaired) electrons. The second kappa shape index (κ2) is 6.19. The summed E-state index contributed by atoms with van der Waals surface area (Å²) in [6.07, 6.45) is 0. The minimum Gasteiger partial charge on any atom is -1.00 e. The van der Waals surface area contributed by atoms with Crippen molar-refractivity contribution in [2.24, 2.45) is 0 Å². The van der Waals surface area contributed by atoms with Crippen molar-refractivity contribution in [2.75, 3.05) is 0 Å². The van der Waals surface area contributed by atoms with Gasteiger partial charge in [-0.15, -0.1) is 0 Å². The molecule has 1 rings (SSSR count). The first-order valence-corrected chi connectivity index (χ1v) is 5.59. The summed E-state index contributed by atoms with van der Waals surface area (Å²) in [7, 11) is -5.15. The molecular formula is C6H4N3NaO9S. The largest absolute Gasteiger partial charge is 1.00 e. The van der Waals surface area contributed by atoms with E-state index in [-0.39, 0.29) is 31.0 Å². The van der Waals surface area contributed by atoms with Gasteiger partial charge in [0.1, 0.15) is 0 Å². The Kier molecular flexibility index (Phi) is 5.67. The van der Waals surface area contributed by atoms with Gasteiger partial charge in [-0.05, 0) is 6.07 Å². The van der Waals surface area contributed by atoms with Gasteiger partial charge in [-0.3, -0.25) is 34.9 Å². The van der Waals surface area contributed by atoms with Crippen LogP contribution in [0.1, 0.15) is 1.43 Å². The van der Waals surface area contributed by atoms with Crippen LogP contribution < -0.4 is 29.6 Å². The molecule has 20 heavy (non-hydrogen) atoms. The van der Waals surface area contributed by atoms with Crippen LogP contribution in [0.4, 0.5) is 17.1 Å². The van der Waals surface area contributed by atoms with Crippen LogP contribution in [0.2, 0.25) is 0 Å². The van der Waals surface area contributed by atoms with Crippen LogP contribution in [0.15, 0.2) is 17.0 Å². The minimum atomic E-state index is -5.15. The fraction of sp³-hybridized carbons (Fsp3) is 0. The molecule has 14 heteroatoms. The van der Waals surface area contributed by atoms with Crippen LogP contribution in [0.25, 0.3) is 0 Å². The first kappa shape index (κ1) is 18.3. The van der Waals surface area contributed by atoms with Crippen LogP contribution >= 0.6 is 0 Å². The van der Waals surface area contributed by atoms with E-state index < -0.39 is 46.8 Å². The number of nitro groups is 3. The summed E-state index contributed by atoms with van der Waals surface area (Å²) in [4.78, 5) is 26.2. The molecule has 0 spiro atoms. The molecule has 1 N–H and O–H groups in total. The number of benzene rings is 1. The van der Waals surface area contributed by atoms with E-state index in [1.54, 1.807) is 0 Å². The molecule has 0 bridgehead atoms. The summed E-state index contributed by atoms with van der Waals surface area (Å²) in [5.74, 6) is 0. The Balaban J connectivity index is 0. The van der Waals surface area contributed by atoms with E-state index in [1.807, 2.05) is 0 Å². The number of rotatable bonds is 4. The van der Waals surface area contributed by atoms with Crippen molar-refractivity contribution in [3.8, 4) is 0 Å². The van der Waals surface area contributed by atoms with E-state index >= 15 is 0 Å². The zero-order valence-corrected chi connectivity index (χ0v) is 12.4. The molecule has 0 unspecified atom stereocenters. The summed E-state index contributed by atoms with van der Waals surface area (Å²) in [5, 5.41) is 31.9. The van der Waals surface area contributed by atoms with E-state index in [4.69, 9.17) is 4.55 Å². The van der Waals surface area contributed by atoms with E-state index in [0.29, 0.717) is 12.1 Å². The maximum Gasteiger partial charge on any atom is 1.00 e. The molecule has 0 aliphatic heterocycles. The first-order valence-electron chi connectivity index (χ1n) is 4.15. The van der Waals surface area contributed by atoms with Crippen molar-refractivity contribution in [1.82, 2.24) is 0 Å². The Morgan fingerprint density at radius 1 is 0.950 bits per heavy atom. The van der Waals surface area contributed by atoms with Crippen molar-refractivity contribution in [3.63, 3.8) is 0 Å². The zero-order valence-electron chi connectivity index (χ0n) is 10.6. The Morgan fingerprint density at radius 2 is 1.40 bits per heavy atom. The quantitative estimate of drug-likeness (QED) is 0.278. The van der Waals surface area contributed by atoms with Gasteiger partial charge >= 0.3 is 56.7 Å². The van der Waals surface area contributed by atoms with Crippen molar-refractivity contribution in [2.45, 2.75) is 4.90 Å². The Bertz CT molecular complexity index is 706. The third-order valence-corrected chi connectivity index (χ3v) is 2.82. The topological polar surface area (TPSA) is 184 Å². The van der Waals surface area contributed by atoms with E-state index in [2.05, 4.69) is 0 Å². The van der Waals surface area contributed by atoms with Crippen LogP contribution in [-0.2, 0) is 10.1 Å². The number of hydrogen-bond acceptors (Lipinski definition) is 8. The van der Waals surface area contributed by atoms with Gasteiger partial charge in [-0.25, -0.2) is 0 Å². The SMILES string of the molecule is O=[N+]([O-])c1ccc(S(=O)(=O)O)c([N+](=O)[O-])c1[N+](=O)[O-].[H-].[Na+]. The predicted molar refractivity (Wildman–Crippen MR) is 57.3 cm³/mol. The standard InChI is InChI=1S/C6H3N3O9S.Na.H/c10-7(11)3-1-2-4(19(16,17)18)6(9(14)15)5(3)8(12)13;;/h1-2H,(H,16,17,18);;/q;+1;-1. The first-order chi connectivity index (χ1) is 8.57. The molecule has 0 heterocycles. The van der Waals surface area contributed by atoms with Gasteiger partial charge in [0.25, 0.3) is 0 Å². The molecule has 0 aromatic heterocycles. The van der Waals surface area contributed by atoms with Gasteiger partial charge in [-0.2, -0.15) is 8.42 Å². The van der Waals surface area contributed by atoms with Crippen molar-refractivity contribution >= 4 is 27.2 Å². The molecule has 0 fully saturated rings. The fourth-order valence-corrected chi connectivity index (χ4v) is 1.92. The second-order valence-corrected chi connectivity index (χ2v) is 4.42. The van der Waals surface area contributed by atoms with Gasteiger partial charge < -0.3 is 1.43 Å². The summed E-state index contributed by atoms with van der Waals surface area (Å²) >= 11 is 0. The number of nitro benzene ring substituents is 3. The fourth-order valence-electron chi connectivity index (χ4n) is 1.26. The van der Waals surface area contributed by atoms with Crippen LogP contribution in [-0.4, -0.2) is 27.7 Å².